The molecule has 26 heavy (non-hydrogen) atoms. The van der Waals surface area contributed by atoms with Gasteiger partial charge in [-0.3, -0.25) is 15.1 Å². The highest BCUT2D eigenvalue weighted by molar-refractivity contribution is 6.00. The van der Waals surface area contributed by atoms with E-state index in [1.807, 2.05) is 0 Å². The zero-order valence-electron chi connectivity index (χ0n) is 13.2. The number of halogens is 3. The van der Waals surface area contributed by atoms with Crippen molar-refractivity contribution in [1.29, 1.82) is 5.26 Å². The zero-order chi connectivity index (χ0) is 19.7. The number of hydrogen-bond acceptors (Lipinski definition) is 6. The van der Waals surface area contributed by atoms with E-state index in [0.29, 0.717) is 6.08 Å². The lowest BCUT2D eigenvalue weighted by molar-refractivity contribution is -0.386. The van der Waals surface area contributed by atoms with Crippen molar-refractivity contribution in [1.82, 2.24) is 0 Å². The van der Waals surface area contributed by atoms with Crippen LogP contribution in [0.4, 0.5) is 18.9 Å². The first-order valence-electron chi connectivity index (χ1n) is 7.15. The van der Waals surface area contributed by atoms with Crippen molar-refractivity contribution >= 4 is 11.4 Å². The van der Waals surface area contributed by atoms with Crippen LogP contribution in [0.3, 0.4) is 0 Å². The van der Waals surface area contributed by atoms with Gasteiger partial charge in [0.1, 0.15) is 5.71 Å². The van der Waals surface area contributed by atoms with Gasteiger partial charge in [0.15, 0.2) is 5.75 Å². The number of nitriles is 1. The number of aliphatic imine (C=N–C) groups is 1. The van der Waals surface area contributed by atoms with Crippen LogP contribution in [-0.2, 0) is 5.41 Å². The molecule has 0 bridgehead atoms. The van der Waals surface area contributed by atoms with E-state index in [9.17, 15) is 33.5 Å². The van der Waals surface area contributed by atoms with Crippen LogP contribution in [0, 0.1) is 21.4 Å². The average molecular weight is 367 g/mol. The minimum Gasteiger partial charge on any atom is -0.504 e. The summed E-state index contributed by atoms with van der Waals surface area (Å²) in [4.78, 5) is 13.7. The van der Waals surface area contributed by atoms with E-state index >= 15 is 0 Å². The van der Waals surface area contributed by atoms with E-state index in [1.165, 1.54) is 13.0 Å². The monoisotopic (exact) mass is 367 g/mol. The molecular weight excluding hydrogens is 355 g/mol. The van der Waals surface area contributed by atoms with Gasteiger partial charge in [-0.25, -0.2) is 0 Å². The Balaban J connectivity index is 2.71. The lowest BCUT2D eigenvalue weighted by Crippen LogP contribution is -2.38. The molecule has 0 fully saturated rings. The molecule has 1 aromatic carbocycles. The number of dihydropyridines is 1. The molecule has 0 amide bonds. The number of alkyl halides is 3. The first-order chi connectivity index (χ1) is 12.0. The van der Waals surface area contributed by atoms with Gasteiger partial charge in [-0.05, 0) is 24.6 Å². The predicted molar refractivity (Wildman–Crippen MR) is 84.9 cm³/mol. The number of phenols is 2. The molecule has 2 N–H and O–H groups in total. The summed E-state index contributed by atoms with van der Waals surface area (Å²) >= 11 is 0. The summed E-state index contributed by atoms with van der Waals surface area (Å²) in [7, 11) is 0. The number of rotatable bonds is 3. The van der Waals surface area contributed by atoms with Gasteiger partial charge >= 0.3 is 11.9 Å². The third kappa shape index (κ3) is 3.23. The highest BCUT2D eigenvalue weighted by atomic mass is 19.4. The van der Waals surface area contributed by atoms with E-state index in [2.05, 4.69) is 4.99 Å². The summed E-state index contributed by atoms with van der Waals surface area (Å²) in [5, 5.41) is 39.2. The molecule has 7 nitrogen and oxygen atoms in total. The van der Waals surface area contributed by atoms with Gasteiger partial charge in [-0.2, -0.15) is 18.4 Å². The summed E-state index contributed by atoms with van der Waals surface area (Å²) in [5.74, 6) is -1.78. The Labute approximate surface area is 145 Å². The van der Waals surface area contributed by atoms with Gasteiger partial charge in [0, 0.05) is 12.1 Å². The molecule has 2 unspecified atom stereocenters. The molecule has 1 aliphatic heterocycles. The first kappa shape index (κ1) is 19.0. The Morgan fingerprint density at radius 2 is 2.08 bits per heavy atom. The number of aromatic hydroxyl groups is 2. The van der Waals surface area contributed by atoms with Gasteiger partial charge < -0.3 is 10.2 Å². The number of nitro groups is 1. The highest BCUT2D eigenvalue weighted by Crippen LogP contribution is 2.44. The third-order valence-electron chi connectivity index (χ3n) is 4.03. The van der Waals surface area contributed by atoms with Crippen molar-refractivity contribution in [2.45, 2.75) is 24.6 Å². The molecule has 1 aliphatic rings. The van der Waals surface area contributed by atoms with Crippen molar-refractivity contribution in [3.63, 3.8) is 0 Å². The summed E-state index contributed by atoms with van der Waals surface area (Å²) < 4.78 is 38.7. The minimum absolute atomic E-state index is 0.000255. The topological polar surface area (TPSA) is 120 Å². The van der Waals surface area contributed by atoms with Crippen LogP contribution in [0.15, 0.2) is 41.4 Å². The standard InChI is InChI=1S/C16H12F3N3O4/c1-9-15(4-2-6-20,5-3-13(21-9)16(17,18)19)10-7-11(22(25)26)14(24)12(23)8-10/h2-5,7-9,23-24H,1H3/b4-2-. The van der Waals surface area contributed by atoms with E-state index in [1.54, 1.807) is 6.07 Å². The van der Waals surface area contributed by atoms with Gasteiger partial charge in [0.05, 0.1) is 22.4 Å². The normalized spacial score (nSPS) is 22.9. The smallest absolute Gasteiger partial charge is 0.432 e. The Morgan fingerprint density at radius 1 is 1.42 bits per heavy atom. The van der Waals surface area contributed by atoms with E-state index in [0.717, 1.165) is 24.3 Å². The van der Waals surface area contributed by atoms with Gasteiger partial charge in [0.2, 0.25) is 5.75 Å². The third-order valence-corrected chi connectivity index (χ3v) is 4.03. The van der Waals surface area contributed by atoms with Crippen LogP contribution in [-0.4, -0.2) is 33.1 Å². The van der Waals surface area contributed by atoms with E-state index < -0.39 is 45.5 Å². The van der Waals surface area contributed by atoms with Crippen LogP contribution < -0.4 is 0 Å². The molecule has 2 rings (SSSR count). The van der Waals surface area contributed by atoms with E-state index in [4.69, 9.17) is 5.26 Å². The molecule has 10 heteroatoms. The molecule has 136 valence electrons. The second-order valence-electron chi connectivity index (χ2n) is 5.54. The molecule has 0 radical (unpaired) electrons. The molecular formula is C16H12F3N3O4. The Bertz CT molecular complexity index is 884. The van der Waals surface area contributed by atoms with E-state index in [-0.39, 0.29) is 5.56 Å². The molecule has 0 aliphatic carbocycles. The van der Waals surface area contributed by atoms with Gasteiger partial charge in [-0.15, -0.1) is 0 Å². The van der Waals surface area contributed by atoms with Gasteiger partial charge in [-0.1, -0.05) is 12.2 Å². The number of allylic oxidation sites excluding steroid dienone is 2. The first-order valence-corrected chi connectivity index (χ1v) is 7.15. The van der Waals surface area contributed by atoms with Crippen molar-refractivity contribution in [3.8, 4) is 17.6 Å². The van der Waals surface area contributed by atoms with Gasteiger partial charge in [0.25, 0.3) is 0 Å². The fourth-order valence-electron chi connectivity index (χ4n) is 2.68. The summed E-state index contributed by atoms with van der Waals surface area (Å²) in [6, 6.07) is 2.51. The number of phenolic OH excluding ortho intramolecular Hbond substituents is 2. The van der Waals surface area contributed by atoms with Crippen molar-refractivity contribution in [2.24, 2.45) is 4.99 Å². The Morgan fingerprint density at radius 3 is 2.58 bits per heavy atom. The SMILES string of the molecule is CC1N=C(C(F)(F)F)C=CC1(/C=C\C#N)c1cc(O)c(O)c([N+](=O)[O-])c1. The van der Waals surface area contributed by atoms with Crippen molar-refractivity contribution < 1.29 is 28.3 Å². The summed E-state index contributed by atoms with van der Waals surface area (Å²) in [5.41, 5.74) is -3.42. The van der Waals surface area contributed by atoms with Crippen LogP contribution in [0.1, 0.15) is 12.5 Å². The van der Waals surface area contributed by atoms with Crippen molar-refractivity contribution in [3.05, 3.63) is 52.1 Å². The van der Waals surface area contributed by atoms with Crippen LogP contribution >= 0.6 is 0 Å². The molecule has 2 atom stereocenters. The molecule has 0 saturated heterocycles. The number of nitro benzene ring substituents is 1. The molecule has 0 saturated carbocycles. The second-order valence-corrected chi connectivity index (χ2v) is 5.54. The fraction of sp³-hybridized carbons (Fsp3) is 0.250. The average Bonchev–Trinajstić information content (AvgIpc) is 2.55. The molecule has 1 heterocycles. The molecule has 0 aromatic heterocycles. The maximum absolute atomic E-state index is 12.9. The second kappa shape index (κ2) is 6.51. The molecule has 0 spiro atoms. The summed E-state index contributed by atoms with van der Waals surface area (Å²) in [6.45, 7) is 1.34. The lowest BCUT2D eigenvalue weighted by Gasteiger charge is -2.35. The largest absolute Gasteiger partial charge is 0.504 e. The number of nitrogens with zero attached hydrogens (tertiary/aromatic N) is 3. The van der Waals surface area contributed by atoms with Crippen LogP contribution in [0.5, 0.6) is 11.5 Å². The maximum atomic E-state index is 12.9. The fourth-order valence-corrected chi connectivity index (χ4v) is 2.68. The Kier molecular flexibility index (Phi) is 4.75. The van der Waals surface area contributed by atoms with Crippen molar-refractivity contribution in [2.75, 3.05) is 0 Å². The predicted octanol–water partition coefficient (Wildman–Crippen LogP) is 3.29. The minimum atomic E-state index is -4.68. The maximum Gasteiger partial charge on any atom is 0.432 e. The van der Waals surface area contributed by atoms with Crippen LogP contribution in [0.2, 0.25) is 0 Å². The zero-order valence-corrected chi connectivity index (χ0v) is 13.2. The lowest BCUT2D eigenvalue weighted by atomic mass is 9.72. The highest BCUT2D eigenvalue weighted by Gasteiger charge is 2.43. The Hall–Kier alpha value is -3.35. The number of hydrogen-bond donors (Lipinski definition) is 2. The number of benzene rings is 1. The summed E-state index contributed by atoms with van der Waals surface area (Å²) in [6.07, 6.45) is -0.627. The van der Waals surface area contributed by atoms with Crippen LogP contribution in [0.25, 0.3) is 0 Å². The molecule has 1 aromatic rings. The quantitative estimate of drug-likeness (QED) is 0.368.